The summed E-state index contributed by atoms with van der Waals surface area (Å²) in [6.07, 6.45) is 5.78. The van der Waals surface area contributed by atoms with Crippen LogP contribution in [0.3, 0.4) is 0 Å². The summed E-state index contributed by atoms with van der Waals surface area (Å²) in [5.74, 6) is 0.839. The molecule has 3 heterocycles. The number of aryl methyl sites for hydroxylation is 2. The van der Waals surface area contributed by atoms with Gasteiger partial charge in [0.1, 0.15) is 34.4 Å². The summed E-state index contributed by atoms with van der Waals surface area (Å²) in [4.78, 5) is 38.8. The molecule has 0 aliphatic rings. The Bertz CT molecular complexity index is 1410. The van der Waals surface area contributed by atoms with Crippen molar-refractivity contribution in [2.75, 3.05) is 31.3 Å². The third-order valence-electron chi connectivity index (χ3n) is 5.92. The van der Waals surface area contributed by atoms with E-state index in [-0.39, 0.29) is 17.6 Å². The first-order chi connectivity index (χ1) is 17.9. The third-order valence-corrected chi connectivity index (χ3v) is 5.92. The molecular formula is C27H31N7O3. The Kier molecular flexibility index (Phi) is 8.09. The molecule has 0 fully saturated rings. The number of carbonyl (C=O) groups excluding carboxylic acids is 2. The average molecular weight is 502 g/mol. The second-order valence-electron chi connectivity index (χ2n) is 8.65. The molecule has 0 unspecified atom stereocenters. The van der Waals surface area contributed by atoms with Crippen LogP contribution in [0, 0.1) is 6.92 Å². The molecule has 0 aliphatic heterocycles. The summed E-state index contributed by atoms with van der Waals surface area (Å²) in [6, 6.07) is 10.9. The van der Waals surface area contributed by atoms with Crippen LogP contribution in [0.4, 0.5) is 11.6 Å². The Morgan fingerprint density at radius 3 is 2.62 bits per heavy atom. The van der Waals surface area contributed by atoms with E-state index < -0.39 is 0 Å². The van der Waals surface area contributed by atoms with Gasteiger partial charge in [-0.3, -0.25) is 14.0 Å². The second-order valence-corrected chi connectivity index (χ2v) is 8.65. The van der Waals surface area contributed by atoms with E-state index in [0.29, 0.717) is 53.7 Å². The van der Waals surface area contributed by atoms with Gasteiger partial charge in [-0.1, -0.05) is 25.5 Å². The van der Waals surface area contributed by atoms with Gasteiger partial charge in [0.2, 0.25) is 0 Å². The van der Waals surface area contributed by atoms with Crippen molar-refractivity contribution < 1.29 is 14.3 Å². The number of nitrogens with one attached hydrogen (secondary N) is 2. The molecule has 10 heteroatoms. The highest BCUT2D eigenvalue weighted by molar-refractivity contribution is 6.04. The Labute approximate surface area is 215 Å². The molecular weight excluding hydrogens is 470 g/mol. The minimum Gasteiger partial charge on any atom is -0.385 e. The monoisotopic (exact) mass is 501 g/mol. The van der Waals surface area contributed by atoms with E-state index in [0.717, 1.165) is 24.0 Å². The molecule has 0 spiro atoms. The van der Waals surface area contributed by atoms with Crippen molar-refractivity contribution in [1.29, 1.82) is 0 Å². The van der Waals surface area contributed by atoms with Gasteiger partial charge in [0.05, 0.1) is 6.20 Å². The summed E-state index contributed by atoms with van der Waals surface area (Å²) in [7, 11) is 1.62. The minimum atomic E-state index is -0.274. The maximum absolute atomic E-state index is 12.8. The zero-order chi connectivity index (χ0) is 26.4. The van der Waals surface area contributed by atoms with Crippen LogP contribution in [-0.2, 0) is 11.2 Å². The number of ether oxygens (including phenoxy) is 1. The van der Waals surface area contributed by atoms with E-state index in [1.807, 2.05) is 12.1 Å². The van der Waals surface area contributed by atoms with Gasteiger partial charge in [0, 0.05) is 37.6 Å². The highest BCUT2D eigenvalue weighted by Gasteiger charge is 2.20. The van der Waals surface area contributed by atoms with E-state index in [1.165, 1.54) is 6.20 Å². The average Bonchev–Trinajstić information content (AvgIpc) is 3.25. The van der Waals surface area contributed by atoms with Crippen LogP contribution < -0.4 is 16.4 Å². The van der Waals surface area contributed by atoms with Crippen molar-refractivity contribution >= 4 is 29.0 Å². The maximum atomic E-state index is 12.8. The Hall–Kier alpha value is -4.31. The fourth-order valence-electron chi connectivity index (χ4n) is 4.14. The first-order valence-corrected chi connectivity index (χ1v) is 12.2. The molecule has 0 aliphatic carbocycles. The topological polar surface area (TPSA) is 137 Å². The molecule has 0 bridgehead atoms. The van der Waals surface area contributed by atoms with Gasteiger partial charge in [-0.2, -0.15) is 0 Å². The van der Waals surface area contributed by atoms with Crippen LogP contribution in [0.2, 0.25) is 0 Å². The van der Waals surface area contributed by atoms with Crippen LogP contribution >= 0.6 is 0 Å². The number of fused-ring (bicyclic) bond motifs is 1. The zero-order valence-corrected chi connectivity index (χ0v) is 21.2. The predicted octanol–water partition coefficient (Wildman–Crippen LogP) is 3.65. The number of imidazole rings is 1. The fraction of sp³-hybridized carbons (Fsp3) is 0.296. The van der Waals surface area contributed by atoms with Gasteiger partial charge in [-0.25, -0.2) is 15.0 Å². The molecule has 4 rings (SSSR count). The van der Waals surface area contributed by atoms with Gasteiger partial charge in [0.25, 0.3) is 11.8 Å². The van der Waals surface area contributed by atoms with Gasteiger partial charge in [0.15, 0.2) is 0 Å². The number of aromatic nitrogens is 4. The van der Waals surface area contributed by atoms with Gasteiger partial charge >= 0.3 is 0 Å². The molecule has 0 saturated carbocycles. The number of nitrogens with two attached hydrogens (primary N) is 1. The van der Waals surface area contributed by atoms with Gasteiger partial charge < -0.3 is 21.1 Å². The van der Waals surface area contributed by atoms with Crippen LogP contribution in [-0.4, -0.2) is 51.4 Å². The lowest BCUT2D eigenvalue weighted by molar-refractivity contribution is 0.0941. The lowest BCUT2D eigenvalue weighted by atomic mass is 10.1. The summed E-state index contributed by atoms with van der Waals surface area (Å²) in [6.45, 7) is 4.94. The van der Waals surface area contributed by atoms with E-state index in [1.54, 1.807) is 48.9 Å². The largest absolute Gasteiger partial charge is 0.385 e. The maximum Gasteiger partial charge on any atom is 0.269 e. The Balaban J connectivity index is 1.58. The van der Waals surface area contributed by atoms with Crippen molar-refractivity contribution in [2.24, 2.45) is 0 Å². The molecule has 4 N–H and O–H groups in total. The summed E-state index contributed by atoms with van der Waals surface area (Å²) >= 11 is 0. The quantitative estimate of drug-likeness (QED) is 0.282. The van der Waals surface area contributed by atoms with Gasteiger partial charge in [-0.05, 0) is 49.6 Å². The standard InChI is InChI=1S/C27H31N7O3/c1-4-6-18-11-13-29-22(15-18)33-26(35)20-9-7-19(8-10-20)23-24-25(28)31-16-21(34(24)17(2)32-23)27(36)30-12-5-14-37-3/h7-11,13,15-16H,4-6,12,14H2,1-3H3,(H2,28,31)(H,30,36)(H,29,33,35). The molecule has 0 saturated heterocycles. The number of methoxy groups -OCH3 is 1. The van der Waals surface area contributed by atoms with Crippen molar-refractivity contribution in [3.05, 3.63) is 71.4 Å². The fourth-order valence-corrected chi connectivity index (χ4v) is 4.14. The lowest BCUT2D eigenvalue weighted by Gasteiger charge is -2.10. The molecule has 2 amide bonds. The molecule has 0 atom stereocenters. The minimum absolute atomic E-state index is 0.256. The molecule has 10 nitrogen and oxygen atoms in total. The number of nitrogen functional groups attached to an aromatic ring is 1. The second kappa shape index (κ2) is 11.6. The highest BCUT2D eigenvalue weighted by Crippen LogP contribution is 2.29. The summed E-state index contributed by atoms with van der Waals surface area (Å²) in [5, 5.41) is 5.73. The highest BCUT2D eigenvalue weighted by atomic mass is 16.5. The number of pyridine rings is 1. The zero-order valence-electron chi connectivity index (χ0n) is 21.2. The molecule has 0 radical (unpaired) electrons. The third kappa shape index (κ3) is 5.75. The number of carbonyl (C=O) groups is 2. The summed E-state index contributed by atoms with van der Waals surface area (Å²) < 4.78 is 6.74. The number of hydrogen-bond acceptors (Lipinski definition) is 7. The van der Waals surface area contributed by atoms with Gasteiger partial charge in [-0.15, -0.1) is 0 Å². The normalized spacial score (nSPS) is 11.0. The van der Waals surface area contributed by atoms with Crippen LogP contribution in [0.25, 0.3) is 16.8 Å². The van der Waals surface area contributed by atoms with E-state index >= 15 is 0 Å². The number of benzene rings is 1. The van der Waals surface area contributed by atoms with Crippen molar-refractivity contribution in [1.82, 2.24) is 24.7 Å². The van der Waals surface area contributed by atoms with Crippen molar-refractivity contribution in [3.8, 4) is 11.3 Å². The number of hydrogen-bond donors (Lipinski definition) is 3. The molecule has 1 aromatic carbocycles. The molecule has 4 aromatic rings. The van der Waals surface area contributed by atoms with Crippen molar-refractivity contribution in [3.63, 3.8) is 0 Å². The smallest absolute Gasteiger partial charge is 0.269 e. The van der Waals surface area contributed by atoms with E-state index in [2.05, 4.69) is 32.5 Å². The number of nitrogens with zero attached hydrogens (tertiary/aromatic N) is 4. The summed E-state index contributed by atoms with van der Waals surface area (Å²) in [5.41, 5.74) is 10.0. The van der Waals surface area contributed by atoms with Crippen LogP contribution in [0.1, 0.15) is 52.0 Å². The van der Waals surface area contributed by atoms with E-state index in [9.17, 15) is 9.59 Å². The molecule has 3 aromatic heterocycles. The first kappa shape index (κ1) is 25.8. The van der Waals surface area contributed by atoms with E-state index in [4.69, 9.17) is 10.5 Å². The van der Waals surface area contributed by atoms with Crippen LogP contribution in [0.5, 0.6) is 0 Å². The Morgan fingerprint density at radius 2 is 1.89 bits per heavy atom. The SMILES string of the molecule is CCCc1ccnc(NC(=O)c2ccc(-c3nc(C)n4c(C(=O)NCCCOC)cnc(N)c34)cc2)c1. The molecule has 37 heavy (non-hydrogen) atoms. The van der Waals surface area contributed by atoms with Crippen LogP contribution in [0.15, 0.2) is 48.8 Å². The Morgan fingerprint density at radius 1 is 1.11 bits per heavy atom. The molecule has 192 valence electrons. The number of anilines is 2. The first-order valence-electron chi connectivity index (χ1n) is 12.2. The predicted molar refractivity (Wildman–Crippen MR) is 143 cm³/mol. The lowest BCUT2D eigenvalue weighted by Crippen LogP contribution is -2.27. The van der Waals surface area contributed by atoms with Crippen molar-refractivity contribution in [2.45, 2.75) is 33.1 Å². The number of amides is 2. The number of rotatable bonds is 10.